The van der Waals surface area contributed by atoms with Crippen molar-refractivity contribution >= 4 is 18.6 Å². The van der Waals surface area contributed by atoms with E-state index >= 15 is 0 Å². The zero-order valence-electron chi connectivity index (χ0n) is 7.88. The minimum atomic E-state index is -0.0856. The van der Waals surface area contributed by atoms with E-state index in [0.29, 0.717) is 6.61 Å². The van der Waals surface area contributed by atoms with Crippen molar-refractivity contribution in [3.8, 4) is 0 Å². The van der Waals surface area contributed by atoms with E-state index in [1.54, 1.807) is 0 Å². The first-order chi connectivity index (χ1) is 5.72. The van der Waals surface area contributed by atoms with Crippen molar-refractivity contribution in [1.82, 2.24) is 0 Å². The summed E-state index contributed by atoms with van der Waals surface area (Å²) in [6.45, 7) is 4.52. The fraction of sp³-hybridized carbons (Fsp3) is 0.889. The third kappa shape index (κ3) is 5.47. The van der Waals surface area contributed by atoms with Crippen LogP contribution in [-0.4, -0.2) is 18.3 Å². The molecule has 0 heterocycles. The van der Waals surface area contributed by atoms with Crippen LogP contribution in [0.15, 0.2) is 0 Å². The third-order valence-corrected chi connectivity index (χ3v) is 1.96. The Labute approximate surface area is 80.1 Å². The highest BCUT2D eigenvalue weighted by atomic mass is 32.1. The fourth-order valence-electron chi connectivity index (χ4n) is 0.771. The minimum absolute atomic E-state index is 0.000596. The molecule has 0 aliphatic rings. The molecule has 0 aromatic heterocycles. The molecule has 2 nitrogen and oxygen atoms in total. The standard InChI is InChI=1S/C9H18O2S/c1-3-4-6-11-9(10)8(2)5-7-12/h8,12H,3-7H2,1-2H3. The number of rotatable bonds is 6. The number of thiol groups is 1. The van der Waals surface area contributed by atoms with Crippen LogP contribution < -0.4 is 0 Å². The first-order valence-corrected chi connectivity index (χ1v) is 5.13. The maximum Gasteiger partial charge on any atom is 0.308 e. The number of hydrogen-bond acceptors (Lipinski definition) is 3. The zero-order chi connectivity index (χ0) is 9.40. The van der Waals surface area contributed by atoms with Crippen LogP contribution >= 0.6 is 12.6 Å². The van der Waals surface area contributed by atoms with E-state index in [-0.39, 0.29) is 11.9 Å². The van der Waals surface area contributed by atoms with E-state index in [0.717, 1.165) is 25.0 Å². The highest BCUT2D eigenvalue weighted by Gasteiger charge is 2.12. The number of hydrogen-bond donors (Lipinski definition) is 1. The van der Waals surface area contributed by atoms with Crippen molar-refractivity contribution in [2.24, 2.45) is 5.92 Å². The van der Waals surface area contributed by atoms with Gasteiger partial charge < -0.3 is 4.74 Å². The second-order valence-corrected chi connectivity index (χ2v) is 3.38. The van der Waals surface area contributed by atoms with Gasteiger partial charge in [-0.2, -0.15) is 12.6 Å². The van der Waals surface area contributed by atoms with Crippen LogP contribution in [0.25, 0.3) is 0 Å². The van der Waals surface area contributed by atoms with Gasteiger partial charge in [0.1, 0.15) is 0 Å². The summed E-state index contributed by atoms with van der Waals surface area (Å²) in [5.41, 5.74) is 0. The van der Waals surface area contributed by atoms with Gasteiger partial charge in [0.25, 0.3) is 0 Å². The molecule has 0 fully saturated rings. The second kappa shape index (κ2) is 7.47. The quantitative estimate of drug-likeness (QED) is 0.395. The van der Waals surface area contributed by atoms with Gasteiger partial charge in [-0.05, 0) is 18.6 Å². The lowest BCUT2D eigenvalue weighted by Gasteiger charge is -2.09. The number of carbonyl (C=O) groups excluding carboxylic acids is 1. The van der Waals surface area contributed by atoms with Crippen molar-refractivity contribution in [2.75, 3.05) is 12.4 Å². The van der Waals surface area contributed by atoms with Gasteiger partial charge >= 0.3 is 5.97 Å². The Hall–Kier alpha value is -0.180. The molecule has 0 amide bonds. The largest absolute Gasteiger partial charge is 0.465 e. The molecule has 1 unspecified atom stereocenters. The van der Waals surface area contributed by atoms with Crippen LogP contribution in [0.2, 0.25) is 0 Å². The summed E-state index contributed by atoms with van der Waals surface area (Å²) in [4.78, 5) is 11.2. The van der Waals surface area contributed by atoms with E-state index in [1.165, 1.54) is 0 Å². The van der Waals surface area contributed by atoms with Crippen molar-refractivity contribution < 1.29 is 9.53 Å². The summed E-state index contributed by atoms with van der Waals surface area (Å²) < 4.78 is 5.02. The van der Waals surface area contributed by atoms with Crippen molar-refractivity contribution in [3.05, 3.63) is 0 Å². The predicted molar refractivity (Wildman–Crippen MR) is 53.5 cm³/mol. The Bertz CT molecular complexity index is 126. The molecule has 3 heteroatoms. The lowest BCUT2D eigenvalue weighted by molar-refractivity contribution is -0.148. The normalized spacial score (nSPS) is 12.6. The predicted octanol–water partition coefficient (Wildman–Crippen LogP) is 2.29. The van der Waals surface area contributed by atoms with Gasteiger partial charge in [0.15, 0.2) is 0 Å². The van der Waals surface area contributed by atoms with Gasteiger partial charge in [0, 0.05) is 0 Å². The van der Waals surface area contributed by atoms with E-state index in [2.05, 4.69) is 19.6 Å². The summed E-state index contributed by atoms with van der Waals surface area (Å²) in [6, 6.07) is 0. The van der Waals surface area contributed by atoms with Gasteiger partial charge in [-0.3, -0.25) is 4.79 Å². The Morgan fingerprint density at radius 2 is 2.25 bits per heavy atom. The molecule has 0 rings (SSSR count). The van der Waals surface area contributed by atoms with Crippen LogP contribution in [0, 0.1) is 5.92 Å². The van der Waals surface area contributed by atoms with E-state index < -0.39 is 0 Å². The van der Waals surface area contributed by atoms with Gasteiger partial charge in [0.05, 0.1) is 12.5 Å². The highest BCUT2D eigenvalue weighted by molar-refractivity contribution is 7.80. The van der Waals surface area contributed by atoms with Crippen LogP contribution in [0.1, 0.15) is 33.1 Å². The Morgan fingerprint density at radius 1 is 1.58 bits per heavy atom. The molecule has 0 aliphatic carbocycles. The van der Waals surface area contributed by atoms with E-state index in [9.17, 15) is 4.79 Å². The molecule has 0 saturated carbocycles. The number of ether oxygens (including phenoxy) is 1. The first-order valence-electron chi connectivity index (χ1n) is 4.49. The Morgan fingerprint density at radius 3 is 2.75 bits per heavy atom. The molecular formula is C9H18O2S. The number of carbonyl (C=O) groups is 1. The summed E-state index contributed by atoms with van der Waals surface area (Å²) in [5, 5.41) is 0. The van der Waals surface area contributed by atoms with Gasteiger partial charge in [0.2, 0.25) is 0 Å². The SMILES string of the molecule is CCCCOC(=O)C(C)CCS. The lowest BCUT2D eigenvalue weighted by atomic mass is 10.1. The smallest absolute Gasteiger partial charge is 0.308 e. The Balaban J connectivity index is 3.43. The molecule has 0 saturated heterocycles. The second-order valence-electron chi connectivity index (χ2n) is 2.93. The summed E-state index contributed by atoms with van der Waals surface area (Å²) in [6.07, 6.45) is 2.82. The molecule has 12 heavy (non-hydrogen) atoms. The van der Waals surface area contributed by atoms with Crippen LogP contribution in [0.5, 0.6) is 0 Å². The molecule has 1 atom stereocenters. The number of unbranched alkanes of at least 4 members (excludes halogenated alkanes) is 1. The van der Waals surface area contributed by atoms with Gasteiger partial charge in [-0.15, -0.1) is 0 Å². The van der Waals surface area contributed by atoms with Crippen LogP contribution in [0.3, 0.4) is 0 Å². The maximum atomic E-state index is 11.2. The van der Waals surface area contributed by atoms with E-state index in [1.807, 2.05) is 6.92 Å². The summed E-state index contributed by atoms with van der Waals surface area (Å²) in [7, 11) is 0. The molecule has 0 bridgehead atoms. The van der Waals surface area contributed by atoms with Crippen molar-refractivity contribution in [2.45, 2.75) is 33.1 Å². The van der Waals surface area contributed by atoms with Gasteiger partial charge in [-0.1, -0.05) is 20.3 Å². The Kier molecular flexibility index (Phi) is 7.36. The molecule has 0 N–H and O–H groups in total. The number of esters is 1. The fourth-order valence-corrected chi connectivity index (χ4v) is 1.16. The molecule has 0 spiro atoms. The molecule has 0 aromatic carbocycles. The zero-order valence-corrected chi connectivity index (χ0v) is 8.77. The van der Waals surface area contributed by atoms with Crippen molar-refractivity contribution in [3.63, 3.8) is 0 Å². The summed E-state index contributed by atoms with van der Waals surface area (Å²) >= 11 is 4.06. The van der Waals surface area contributed by atoms with Gasteiger partial charge in [-0.25, -0.2) is 0 Å². The summed E-state index contributed by atoms with van der Waals surface area (Å²) in [5.74, 6) is 0.654. The third-order valence-electron chi connectivity index (χ3n) is 1.71. The molecule has 0 aliphatic heterocycles. The highest BCUT2D eigenvalue weighted by Crippen LogP contribution is 2.05. The maximum absolute atomic E-state index is 11.2. The monoisotopic (exact) mass is 190 g/mol. The molecular weight excluding hydrogens is 172 g/mol. The van der Waals surface area contributed by atoms with Crippen molar-refractivity contribution in [1.29, 1.82) is 0 Å². The average Bonchev–Trinajstić information content (AvgIpc) is 2.05. The van der Waals surface area contributed by atoms with Crippen LogP contribution in [0.4, 0.5) is 0 Å². The lowest BCUT2D eigenvalue weighted by Crippen LogP contribution is -2.15. The van der Waals surface area contributed by atoms with E-state index in [4.69, 9.17) is 4.74 Å². The molecule has 72 valence electrons. The topological polar surface area (TPSA) is 26.3 Å². The first kappa shape index (κ1) is 11.8. The minimum Gasteiger partial charge on any atom is -0.465 e. The molecule has 0 radical (unpaired) electrons. The molecule has 0 aromatic rings. The average molecular weight is 190 g/mol. The van der Waals surface area contributed by atoms with Crippen LogP contribution in [-0.2, 0) is 9.53 Å².